The van der Waals surface area contributed by atoms with E-state index in [-0.39, 0.29) is 16.3 Å². The van der Waals surface area contributed by atoms with Crippen molar-refractivity contribution in [1.82, 2.24) is 4.90 Å². The quantitative estimate of drug-likeness (QED) is 0.411. The summed E-state index contributed by atoms with van der Waals surface area (Å²) in [5.74, 6) is 0.615. The fourth-order valence-electron chi connectivity index (χ4n) is 3.33. The zero-order valence-electron chi connectivity index (χ0n) is 16.4. The Balaban J connectivity index is 1.60. The summed E-state index contributed by atoms with van der Waals surface area (Å²) in [5, 5.41) is 0. The maximum absolute atomic E-state index is 12.5. The van der Waals surface area contributed by atoms with Gasteiger partial charge in [-0.3, -0.25) is 0 Å². The Hall–Kier alpha value is -2.25. The highest BCUT2D eigenvalue weighted by Gasteiger charge is 2.20. The van der Waals surface area contributed by atoms with E-state index in [1.54, 1.807) is 24.3 Å². The number of benzene rings is 2. The van der Waals surface area contributed by atoms with E-state index in [1.165, 1.54) is 31.0 Å². The number of hydrogen-bond donors (Lipinski definition) is 1. The number of anilines is 1. The number of nitrogens with zero attached hydrogens (tertiary/aromatic N) is 1. The van der Waals surface area contributed by atoms with E-state index >= 15 is 0 Å². The Morgan fingerprint density at radius 3 is 2.61 bits per heavy atom. The van der Waals surface area contributed by atoms with E-state index in [9.17, 15) is 8.42 Å². The van der Waals surface area contributed by atoms with Gasteiger partial charge in [-0.05, 0) is 63.9 Å². The Bertz CT molecular complexity index is 897. The van der Waals surface area contributed by atoms with Crippen molar-refractivity contribution < 1.29 is 17.3 Å². The van der Waals surface area contributed by atoms with Gasteiger partial charge in [-0.1, -0.05) is 17.7 Å². The number of nitrogen functional groups attached to an aromatic ring is 1. The SMILES string of the molecule is Cc1ccc(S(=O)(=O)Oc2cc(OCCCN3CCC[C@H]3C)ccc2N)cc1. The molecule has 2 N–H and O–H groups in total. The molecule has 152 valence electrons. The molecule has 1 atom stereocenters. The van der Waals surface area contributed by atoms with Crippen molar-refractivity contribution in [2.75, 3.05) is 25.4 Å². The maximum atomic E-state index is 12.5. The van der Waals surface area contributed by atoms with E-state index in [0.29, 0.717) is 18.4 Å². The first-order valence-electron chi connectivity index (χ1n) is 9.63. The molecule has 0 radical (unpaired) electrons. The molecule has 0 aromatic heterocycles. The van der Waals surface area contributed by atoms with Gasteiger partial charge in [-0.2, -0.15) is 8.42 Å². The molecule has 0 bridgehead atoms. The molecule has 1 saturated heterocycles. The van der Waals surface area contributed by atoms with Crippen molar-refractivity contribution in [3.05, 3.63) is 48.0 Å². The molecule has 28 heavy (non-hydrogen) atoms. The zero-order chi connectivity index (χ0) is 20.1. The lowest BCUT2D eigenvalue weighted by Gasteiger charge is -2.20. The van der Waals surface area contributed by atoms with Crippen molar-refractivity contribution >= 4 is 15.8 Å². The van der Waals surface area contributed by atoms with E-state index in [0.717, 1.165) is 25.1 Å². The Labute approximate surface area is 167 Å². The summed E-state index contributed by atoms with van der Waals surface area (Å²) in [6.07, 6.45) is 3.43. The predicted molar refractivity (Wildman–Crippen MR) is 110 cm³/mol. The first-order chi connectivity index (χ1) is 13.3. The normalized spacial score (nSPS) is 17.6. The van der Waals surface area contributed by atoms with Gasteiger partial charge in [0.1, 0.15) is 10.6 Å². The molecule has 1 fully saturated rings. The summed E-state index contributed by atoms with van der Waals surface area (Å²) in [7, 11) is -3.95. The van der Waals surface area contributed by atoms with Crippen molar-refractivity contribution in [1.29, 1.82) is 0 Å². The fourth-order valence-corrected chi connectivity index (χ4v) is 4.28. The van der Waals surface area contributed by atoms with Crippen LogP contribution in [0.25, 0.3) is 0 Å². The number of rotatable bonds is 8. The minimum atomic E-state index is -3.95. The molecule has 1 aliphatic rings. The topological polar surface area (TPSA) is 81.9 Å². The highest BCUT2D eigenvalue weighted by molar-refractivity contribution is 7.87. The molecule has 0 amide bonds. The molecule has 0 spiro atoms. The molecule has 1 heterocycles. The number of nitrogens with two attached hydrogens (primary N) is 1. The van der Waals surface area contributed by atoms with Crippen LogP contribution in [-0.2, 0) is 10.1 Å². The molecule has 2 aromatic rings. The Kier molecular flexibility index (Phi) is 6.46. The van der Waals surface area contributed by atoms with Gasteiger partial charge in [0.2, 0.25) is 0 Å². The van der Waals surface area contributed by atoms with Crippen molar-refractivity contribution in [3.63, 3.8) is 0 Å². The molecular formula is C21H28N2O4S. The second kappa shape index (κ2) is 8.84. The predicted octanol–water partition coefficient (Wildman–Crippen LogP) is 3.60. The van der Waals surface area contributed by atoms with Crippen LogP contribution in [0.1, 0.15) is 31.7 Å². The van der Waals surface area contributed by atoms with Crippen LogP contribution >= 0.6 is 0 Å². The first kappa shape index (κ1) is 20.5. The largest absolute Gasteiger partial charge is 0.493 e. The lowest BCUT2D eigenvalue weighted by Crippen LogP contribution is -2.28. The van der Waals surface area contributed by atoms with Crippen LogP contribution in [0.5, 0.6) is 11.5 Å². The lowest BCUT2D eigenvalue weighted by molar-refractivity contribution is 0.230. The lowest BCUT2D eigenvalue weighted by atomic mass is 10.2. The molecule has 3 rings (SSSR count). The number of likely N-dealkylation sites (tertiary alicyclic amines) is 1. The standard InChI is InChI=1S/C21H28N2O4S/c1-16-6-9-19(10-7-16)28(24,25)27-21-15-18(8-11-20(21)22)26-14-4-13-23-12-3-5-17(23)2/h6-11,15,17H,3-5,12-14,22H2,1-2H3/t17-/m1/s1. The molecule has 0 unspecified atom stereocenters. The van der Waals surface area contributed by atoms with Crippen LogP contribution in [0.15, 0.2) is 47.4 Å². The summed E-state index contributed by atoms with van der Waals surface area (Å²) in [5.41, 5.74) is 7.11. The highest BCUT2D eigenvalue weighted by Crippen LogP contribution is 2.30. The van der Waals surface area contributed by atoms with Gasteiger partial charge in [-0.25, -0.2) is 0 Å². The van der Waals surface area contributed by atoms with Gasteiger partial charge >= 0.3 is 10.1 Å². The number of hydrogen-bond acceptors (Lipinski definition) is 6. The van der Waals surface area contributed by atoms with Gasteiger partial charge in [0.25, 0.3) is 0 Å². The summed E-state index contributed by atoms with van der Waals surface area (Å²) < 4.78 is 36.0. The van der Waals surface area contributed by atoms with Gasteiger partial charge in [0.15, 0.2) is 5.75 Å². The van der Waals surface area contributed by atoms with Crippen LogP contribution in [0.2, 0.25) is 0 Å². The van der Waals surface area contributed by atoms with Gasteiger partial charge in [-0.15, -0.1) is 0 Å². The third-order valence-corrected chi connectivity index (χ3v) is 6.29. The van der Waals surface area contributed by atoms with Crippen LogP contribution < -0.4 is 14.7 Å². The van der Waals surface area contributed by atoms with E-state index in [1.807, 2.05) is 6.92 Å². The molecule has 6 nitrogen and oxygen atoms in total. The summed E-state index contributed by atoms with van der Waals surface area (Å²) in [4.78, 5) is 2.55. The van der Waals surface area contributed by atoms with E-state index in [2.05, 4.69) is 11.8 Å². The number of ether oxygens (including phenoxy) is 1. The maximum Gasteiger partial charge on any atom is 0.339 e. The Morgan fingerprint density at radius 1 is 1.18 bits per heavy atom. The minimum Gasteiger partial charge on any atom is -0.493 e. The van der Waals surface area contributed by atoms with E-state index in [4.69, 9.17) is 14.7 Å². The molecule has 7 heteroatoms. The second-order valence-electron chi connectivity index (χ2n) is 7.28. The summed E-state index contributed by atoms with van der Waals surface area (Å²) in [6.45, 7) is 6.85. The van der Waals surface area contributed by atoms with Crippen molar-refractivity contribution in [3.8, 4) is 11.5 Å². The molecule has 1 aliphatic heterocycles. The van der Waals surface area contributed by atoms with Crippen LogP contribution in [-0.4, -0.2) is 39.1 Å². The Morgan fingerprint density at radius 2 is 1.93 bits per heavy atom. The van der Waals surface area contributed by atoms with Crippen molar-refractivity contribution in [2.24, 2.45) is 0 Å². The molecule has 0 saturated carbocycles. The van der Waals surface area contributed by atoms with Crippen LogP contribution in [0.3, 0.4) is 0 Å². The highest BCUT2D eigenvalue weighted by atomic mass is 32.2. The molecule has 2 aromatic carbocycles. The van der Waals surface area contributed by atoms with Crippen molar-refractivity contribution in [2.45, 2.75) is 44.0 Å². The van der Waals surface area contributed by atoms with Gasteiger partial charge in [0, 0.05) is 18.7 Å². The molecule has 0 aliphatic carbocycles. The summed E-state index contributed by atoms with van der Waals surface area (Å²) in [6, 6.07) is 12.0. The second-order valence-corrected chi connectivity index (χ2v) is 8.83. The average molecular weight is 405 g/mol. The third kappa shape index (κ3) is 5.17. The smallest absolute Gasteiger partial charge is 0.339 e. The van der Waals surface area contributed by atoms with E-state index < -0.39 is 10.1 Å². The first-order valence-corrected chi connectivity index (χ1v) is 11.0. The third-order valence-electron chi connectivity index (χ3n) is 5.04. The van der Waals surface area contributed by atoms with Gasteiger partial charge in [0.05, 0.1) is 12.3 Å². The van der Waals surface area contributed by atoms with Gasteiger partial charge < -0.3 is 19.6 Å². The molecular weight excluding hydrogens is 376 g/mol. The van der Waals surface area contributed by atoms with Crippen LogP contribution in [0, 0.1) is 6.92 Å². The van der Waals surface area contributed by atoms with Crippen LogP contribution in [0.4, 0.5) is 5.69 Å². The summed E-state index contributed by atoms with van der Waals surface area (Å²) >= 11 is 0. The monoisotopic (exact) mass is 404 g/mol. The number of aryl methyl sites for hydroxylation is 1. The fraction of sp³-hybridized carbons (Fsp3) is 0.429. The zero-order valence-corrected chi connectivity index (χ0v) is 17.2. The minimum absolute atomic E-state index is 0.0752. The average Bonchev–Trinajstić information content (AvgIpc) is 3.06.